The maximum absolute atomic E-state index is 11.1. The van der Waals surface area contributed by atoms with E-state index in [2.05, 4.69) is 12.2 Å². The van der Waals surface area contributed by atoms with Crippen LogP contribution in [0, 0.1) is 11.8 Å². The molecule has 0 bridgehead atoms. The molecule has 2 rings (SSSR count). The molecule has 2 N–H and O–H groups in total. The van der Waals surface area contributed by atoms with Crippen LogP contribution < -0.4 is 5.32 Å². The predicted octanol–water partition coefficient (Wildman–Crippen LogP) is 3.55. The third kappa shape index (κ3) is 3.25. The van der Waals surface area contributed by atoms with E-state index in [1.807, 2.05) is 12.1 Å². The maximum Gasteiger partial charge on any atom is 0.306 e. The highest BCUT2D eigenvalue weighted by atomic mass is 35.5. The molecule has 1 aromatic rings. The number of carbonyl (C=O) groups is 1. The first-order valence-corrected chi connectivity index (χ1v) is 7.49. The Morgan fingerprint density at radius 1 is 1.61 bits per heavy atom. The van der Waals surface area contributed by atoms with Gasteiger partial charge in [-0.3, -0.25) is 4.79 Å². The Kier molecular flexibility index (Phi) is 4.65. The summed E-state index contributed by atoms with van der Waals surface area (Å²) < 4.78 is 0.794. The molecular weight excluding hydrogens is 270 g/mol. The van der Waals surface area contributed by atoms with E-state index in [4.69, 9.17) is 16.7 Å². The fourth-order valence-electron chi connectivity index (χ4n) is 2.60. The molecule has 1 aliphatic carbocycles. The summed E-state index contributed by atoms with van der Waals surface area (Å²) in [4.78, 5) is 12.3. The van der Waals surface area contributed by atoms with E-state index in [1.54, 1.807) is 11.3 Å². The zero-order valence-corrected chi connectivity index (χ0v) is 11.9. The second-order valence-corrected chi connectivity index (χ2v) is 6.65. The van der Waals surface area contributed by atoms with Crippen LogP contribution in [0.2, 0.25) is 4.34 Å². The number of hydrogen-bond donors (Lipinski definition) is 2. The van der Waals surface area contributed by atoms with Gasteiger partial charge in [0.25, 0.3) is 0 Å². The summed E-state index contributed by atoms with van der Waals surface area (Å²) >= 11 is 7.48. The zero-order chi connectivity index (χ0) is 13.1. The summed E-state index contributed by atoms with van der Waals surface area (Å²) in [6.45, 7) is 2.86. The second kappa shape index (κ2) is 6.04. The van der Waals surface area contributed by atoms with Crippen molar-refractivity contribution in [2.24, 2.45) is 11.8 Å². The van der Waals surface area contributed by atoms with E-state index < -0.39 is 5.97 Å². The van der Waals surface area contributed by atoms with Crippen LogP contribution in [0.4, 0.5) is 0 Å². The molecule has 100 valence electrons. The normalized spacial score (nSPS) is 25.2. The maximum atomic E-state index is 11.1. The molecular formula is C13H18ClNO2S. The summed E-state index contributed by atoms with van der Waals surface area (Å²) in [5, 5.41) is 12.6. The molecule has 0 amide bonds. The number of nitrogens with one attached hydrogen (secondary N) is 1. The van der Waals surface area contributed by atoms with Crippen LogP contribution in [0.1, 0.15) is 37.1 Å². The lowest BCUT2D eigenvalue weighted by Crippen LogP contribution is -2.30. The van der Waals surface area contributed by atoms with Gasteiger partial charge in [-0.25, -0.2) is 0 Å². The van der Waals surface area contributed by atoms with Gasteiger partial charge in [-0.2, -0.15) is 0 Å². The molecule has 1 aliphatic rings. The Morgan fingerprint density at radius 2 is 2.39 bits per heavy atom. The largest absolute Gasteiger partial charge is 0.481 e. The fraction of sp³-hybridized carbons (Fsp3) is 0.615. The standard InChI is InChI=1S/C13H18ClNO2S/c1-8(11-5-6-12(14)18-11)15-7-9-3-2-4-10(9)13(16)17/h5-6,8-10,15H,2-4,7H2,1H3,(H,16,17). The van der Waals surface area contributed by atoms with Gasteiger partial charge in [0.05, 0.1) is 10.3 Å². The molecule has 1 fully saturated rings. The number of thiophene rings is 1. The van der Waals surface area contributed by atoms with Crippen molar-refractivity contribution in [3.8, 4) is 0 Å². The van der Waals surface area contributed by atoms with Crippen molar-refractivity contribution < 1.29 is 9.90 Å². The van der Waals surface area contributed by atoms with Gasteiger partial charge in [-0.05, 0) is 44.4 Å². The van der Waals surface area contributed by atoms with Gasteiger partial charge < -0.3 is 10.4 Å². The second-order valence-electron chi connectivity index (χ2n) is 4.91. The Labute approximate surface area is 116 Å². The number of aliphatic carboxylic acids is 1. The van der Waals surface area contributed by atoms with E-state index in [0.29, 0.717) is 0 Å². The van der Waals surface area contributed by atoms with Crippen LogP contribution in [-0.2, 0) is 4.79 Å². The molecule has 18 heavy (non-hydrogen) atoms. The van der Waals surface area contributed by atoms with Gasteiger partial charge in [-0.1, -0.05) is 18.0 Å². The number of hydrogen-bond acceptors (Lipinski definition) is 3. The topological polar surface area (TPSA) is 49.3 Å². The van der Waals surface area contributed by atoms with Gasteiger partial charge in [-0.15, -0.1) is 11.3 Å². The lowest BCUT2D eigenvalue weighted by molar-refractivity contribution is -0.142. The lowest BCUT2D eigenvalue weighted by Gasteiger charge is -2.19. The van der Waals surface area contributed by atoms with Crippen LogP contribution in [0.3, 0.4) is 0 Å². The Bertz CT molecular complexity index is 421. The molecule has 1 aromatic heterocycles. The van der Waals surface area contributed by atoms with E-state index in [9.17, 15) is 4.79 Å². The predicted molar refractivity (Wildman–Crippen MR) is 74.2 cm³/mol. The van der Waals surface area contributed by atoms with Crippen molar-refractivity contribution in [3.05, 3.63) is 21.3 Å². The third-order valence-corrected chi connectivity index (χ3v) is 5.10. The summed E-state index contributed by atoms with van der Waals surface area (Å²) in [5.41, 5.74) is 0. The first kappa shape index (κ1) is 13.8. The van der Waals surface area contributed by atoms with Crippen molar-refractivity contribution >= 4 is 28.9 Å². The number of halogens is 1. The molecule has 3 unspecified atom stereocenters. The lowest BCUT2D eigenvalue weighted by atomic mass is 9.96. The molecule has 5 heteroatoms. The quantitative estimate of drug-likeness (QED) is 0.871. The average Bonchev–Trinajstić information content (AvgIpc) is 2.94. The van der Waals surface area contributed by atoms with Crippen molar-refractivity contribution in [1.29, 1.82) is 0 Å². The summed E-state index contributed by atoms with van der Waals surface area (Å²) in [6.07, 6.45) is 2.87. The molecule has 0 aromatic carbocycles. The first-order valence-electron chi connectivity index (χ1n) is 6.29. The number of rotatable bonds is 5. The van der Waals surface area contributed by atoms with Gasteiger partial charge in [0.2, 0.25) is 0 Å². The molecule has 1 saturated carbocycles. The van der Waals surface area contributed by atoms with Crippen molar-refractivity contribution in [3.63, 3.8) is 0 Å². The third-order valence-electron chi connectivity index (χ3n) is 3.68. The van der Waals surface area contributed by atoms with Crippen molar-refractivity contribution in [2.75, 3.05) is 6.54 Å². The molecule has 3 atom stereocenters. The van der Waals surface area contributed by atoms with E-state index in [0.717, 1.165) is 30.1 Å². The first-order chi connectivity index (χ1) is 8.58. The molecule has 0 saturated heterocycles. The monoisotopic (exact) mass is 287 g/mol. The van der Waals surface area contributed by atoms with E-state index >= 15 is 0 Å². The van der Waals surface area contributed by atoms with Crippen LogP contribution in [0.5, 0.6) is 0 Å². The van der Waals surface area contributed by atoms with Gasteiger partial charge in [0.15, 0.2) is 0 Å². The molecule has 0 radical (unpaired) electrons. The van der Waals surface area contributed by atoms with Crippen LogP contribution in [0.15, 0.2) is 12.1 Å². The SMILES string of the molecule is CC(NCC1CCCC1C(=O)O)c1ccc(Cl)s1. The minimum atomic E-state index is -0.647. The fourth-order valence-corrected chi connectivity index (χ4v) is 3.68. The van der Waals surface area contributed by atoms with Crippen molar-refractivity contribution in [2.45, 2.75) is 32.2 Å². The number of carboxylic acid groups (broad SMARTS) is 1. The van der Waals surface area contributed by atoms with E-state index in [-0.39, 0.29) is 17.9 Å². The minimum absolute atomic E-state index is 0.170. The highest BCUT2D eigenvalue weighted by Crippen LogP contribution is 2.32. The molecule has 0 spiro atoms. The summed E-state index contributed by atoms with van der Waals surface area (Å²) in [5.74, 6) is -0.553. The van der Waals surface area contributed by atoms with Gasteiger partial charge in [0, 0.05) is 10.9 Å². The molecule has 3 nitrogen and oxygen atoms in total. The minimum Gasteiger partial charge on any atom is -0.481 e. The molecule has 1 heterocycles. The summed E-state index contributed by atoms with van der Waals surface area (Å²) in [6, 6.07) is 4.15. The zero-order valence-electron chi connectivity index (χ0n) is 10.4. The van der Waals surface area contributed by atoms with Gasteiger partial charge in [0.1, 0.15) is 0 Å². The van der Waals surface area contributed by atoms with Crippen LogP contribution in [0.25, 0.3) is 0 Å². The Morgan fingerprint density at radius 3 is 3.00 bits per heavy atom. The average molecular weight is 288 g/mol. The van der Waals surface area contributed by atoms with Crippen molar-refractivity contribution in [1.82, 2.24) is 5.32 Å². The highest BCUT2D eigenvalue weighted by molar-refractivity contribution is 7.16. The van der Waals surface area contributed by atoms with Crippen LogP contribution >= 0.6 is 22.9 Å². The van der Waals surface area contributed by atoms with E-state index in [1.165, 1.54) is 4.88 Å². The Hall–Kier alpha value is -0.580. The smallest absolute Gasteiger partial charge is 0.306 e. The molecule has 0 aliphatic heterocycles. The van der Waals surface area contributed by atoms with Crippen LogP contribution in [-0.4, -0.2) is 17.6 Å². The summed E-state index contributed by atoms with van der Waals surface area (Å²) in [7, 11) is 0. The van der Waals surface area contributed by atoms with Gasteiger partial charge >= 0.3 is 5.97 Å². The highest BCUT2D eigenvalue weighted by Gasteiger charge is 2.32. The Balaban J connectivity index is 1.86. The number of carboxylic acids is 1.